The molecule has 1 N–H and O–H groups in total. The summed E-state index contributed by atoms with van der Waals surface area (Å²) in [4.78, 5) is 2.22. The van der Waals surface area contributed by atoms with Crippen molar-refractivity contribution in [2.24, 2.45) is 0 Å². The van der Waals surface area contributed by atoms with Crippen molar-refractivity contribution in [3.8, 4) is 11.5 Å². The lowest BCUT2D eigenvalue weighted by molar-refractivity contribution is -0.0933. The lowest BCUT2D eigenvalue weighted by atomic mass is 10.0. The minimum absolute atomic E-state index is 0.170. The Kier molecular flexibility index (Phi) is 5.08. The summed E-state index contributed by atoms with van der Waals surface area (Å²) in [5.74, 6) is 1.39. The second-order valence-corrected chi connectivity index (χ2v) is 5.97. The topological polar surface area (TPSA) is 51.2 Å². The highest BCUT2D eigenvalue weighted by atomic mass is 16.5. The number of hydrogen-bond acceptors (Lipinski definition) is 5. The third-order valence-electron chi connectivity index (χ3n) is 3.73. The number of benzene rings is 1. The first kappa shape index (κ1) is 16.1. The number of ether oxygens (including phenoxy) is 3. The highest BCUT2D eigenvalue weighted by Gasteiger charge is 2.29. The standard InChI is InChI=1S/C16H25NO4/c1-16(2)11-17(7-8-21-16)10-14(18)13-9-12(19-3)5-6-15(13)20-4/h5-6,9,14,18H,7-8,10-11H2,1-4H3. The van der Waals surface area contributed by atoms with Gasteiger partial charge in [-0.15, -0.1) is 0 Å². The molecule has 0 spiro atoms. The van der Waals surface area contributed by atoms with Crippen LogP contribution in [0.1, 0.15) is 25.5 Å². The highest BCUT2D eigenvalue weighted by Crippen LogP contribution is 2.30. The summed E-state index contributed by atoms with van der Waals surface area (Å²) in [7, 11) is 3.22. The summed E-state index contributed by atoms with van der Waals surface area (Å²) in [5.41, 5.74) is 0.581. The molecule has 5 nitrogen and oxygen atoms in total. The zero-order valence-electron chi connectivity index (χ0n) is 13.3. The molecule has 0 radical (unpaired) electrons. The van der Waals surface area contributed by atoms with Gasteiger partial charge in [0.25, 0.3) is 0 Å². The quantitative estimate of drug-likeness (QED) is 0.898. The molecule has 2 rings (SSSR count). The van der Waals surface area contributed by atoms with E-state index in [1.54, 1.807) is 14.2 Å². The van der Waals surface area contributed by atoms with E-state index in [2.05, 4.69) is 18.7 Å². The van der Waals surface area contributed by atoms with Crippen LogP contribution in [0.4, 0.5) is 0 Å². The van der Waals surface area contributed by atoms with Crippen molar-refractivity contribution in [3.05, 3.63) is 23.8 Å². The number of β-amino-alcohol motifs (C(OH)–C–C–N with tert-alkyl or cyclic N) is 1. The Morgan fingerprint density at radius 1 is 1.33 bits per heavy atom. The van der Waals surface area contributed by atoms with Crippen LogP contribution in [0.15, 0.2) is 18.2 Å². The van der Waals surface area contributed by atoms with Crippen LogP contribution < -0.4 is 9.47 Å². The number of methoxy groups -OCH3 is 2. The first-order valence-electron chi connectivity index (χ1n) is 7.21. The molecule has 1 heterocycles. The van der Waals surface area contributed by atoms with Gasteiger partial charge in [0.05, 0.1) is 32.5 Å². The Balaban J connectivity index is 2.10. The number of aliphatic hydroxyl groups is 1. The minimum Gasteiger partial charge on any atom is -0.497 e. The molecule has 21 heavy (non-hydrogen) atoms. The van der Waals surface area contributed by atoms with E-state index in [4.69, 9.17) is 14.2 Å². The fourth-order valence-corrected chi connectivity index (χ4v) is 2.71. The summed E-state index contributed by atoms with van der Waals surface area (Å²) in [6.45, 7) is 7.00. The van der Waals surface area contributed by atoms with Gasteiger partial charge in [0.15, 0.2) is 0 Å². The Morgan fingerprint density at radius 3 is 2.71 bits per heavy atom. The highest BCUT2D eigenvalue weighted by molar-refractivity contribution is 5.41. The molecule has 0 aromatic heterocycles. The molecule has 0 amide bonds. The van der Waals surface area contributed by atoms with E-state index in [0.717, 1.165) is 18.7 Å². The molecule has 118 valence electrons. The smallest absolute Gasteiger partial charge is 0.124 e. The van der Waals surface area contributed by atoms with E-state index < -0.39 is 6.10 Å². The summed E-state index contributed by atoms with van der Waals surface area (Å²) in [6, 6.07) is 5.47. The van der Waals surface area contributed by atoms with Gasteiger partial charge in [-0.1, -0.05) is 0 Å². The average Bonchev–Trinajstić information content (AvgIpc) is 2.45. The summed E-state index contributed by atoms with van der Waals surface area (Å²) in [6.07, 6.45) is -0.621. The van der Waals surface area contributed by atoms with E-state index in [1.165, 1.54) is 0 Å². The zero-order chi connectivity index (χ0) is 15.5. The molecule has 1 unspecified atom stereocenters. The zero-order valence-corrected chi connectivity index (χ0v) is 13.3. The van der Waals surface area contributed by atoms with E-state index in [-0.39, 0.29) is 5.60 Å². The third kappa shape index (κ3) is 4.09. The molecule has 1 aliphatic rings. The molecule has 1 aromatic rings. The van der Waals surface area contributed by atoms with Crippen LogP contribution in [0.3, 0.4) is 0 Å². The van der Waals surface area contributed by atoms with Gasteiger partial charge in [0, 0.05) is 25.2 Å². The second kappa shape index (κ2) is 6.64. The maximum atomic E-state index is 10.6. The van der Waals surface area contributed by atoms with Crippen LogP contribution in [0.5, 0.6) is 11.5 Å². The van der Waals surface area contributed by atoms with Crippen LogP contribution in [0, 0.1) is 0 Å². The normalized spacial score (nSPS) is 20.0. The van der Waals surface area contributed by atoms with Gasteiger partial charge in [-0.25, -0.2) is 0 Å². The van der Waals surface area contributed by atoms with Gasteiger partial charge < -0.3 is 19.3 Å². The van der Waals surface area contributed by atoms with Crippen molar-refractivity contribution in [1.29, 1.82) is 0 Å². The van der Waals surface area contributed by atoms with Crippen LogP contribution in [0.25, 0.3) is 0 Å². The first-order chi connectivity index (χ1) is 9.95. The maximum Gasteiger partial charge on any atom is 0.124 e. The third-order valence-corrected chi connectivity index (χ3v) is 3.73. The van der Waals surface area contributed by atoms with E-state index >= 15 is 0 Å². The van der Waals surface area contributed by atoms with Gasteiger partial charge in [0.2, 0.25) is 0 Å². The molecule has 1 fully saturated rings. The Morgan fingerprint density at radius 2 is 2.10 bits per heavy atom. The van der Waals surface area contributed by atoms with Gasteiger partial charge in [-0.05, 0) is 32.0 Å². The lowest BCUT2D eigenvalue weighted by Gasteiger charge is -2.39. The monoisotopic (exact) mass is 295 g/mol. The first-order valence-corrected chi connectivity index (χ1v) is 7.21. The number of rotatable bonds is 5. The van der Waals surface area contributed by atoms with E-state index in [9.17, 15) is 5.11 Å². The van der Waals surface area contributed by atoms with Gasteiger partial charge in [-0.2, -0.15) is 0 Å². The number of nitrogens with zero attached hydrogens (tertiary/aromatic N) is 1. The number of aliphatic hydroxyl groups excluding tert-OH is 1. The molecular weight excluding hydrogens is 270 g/mol. The van der Waals surface area contributed by atoms with Crippen molar-refractivity contribution in [2.75, 3.05) is 40.5 Å². The SMILES string of the molecule is COc1ccc(OC)c(C(O)CN2CCOC(C)(C)C2)c1. The molecule has 1 saturated heterocycles. The van der Waals surface area contributed by atoms with Crippen LogP contribution >= 0.6 is 0 Å². The maximum absolute atomic E-state index is 10.6. The van der Waals surface area contributed by atoms with Crippen LogP contribution in [-0.4, -0.2) is 56.1 Å². The predicted molar refractivity (Wildman–Crippen MR) is 81.0 cm³/mol. The predicted octanol–water partition coefficient (Wildman–Crippen LogP) is 1.85. The van der Waals surface area contributed by atoms with Crippen molar-refractivity contribution in [1.82, 2.24) is 4.90 Å². The largest absolute Gasteiger partial charge is 0.497 e. The lowest BCUT2D eigenvalue weighted by Crippen LogP contribution is -2.49. The van der Waals surface area contributed by atoms with Crippen molar-refractivity contribution in [2.45, 2.75) is 25.6 Å². The van der Waals surface area contributed by atoms with Gasteiger partial charge >= 0.3 is 0 Å². The van der Waals surface area contributed by atoms with Crippen LogP contribution in [-0.2, 0) is 4.74 Å². The molecule has 1 aliphatic heterocycles. The minimum atomic E-state index is -0.621. The average molecular weight is 295 g/mol. The molecule has 0 aliphatic carbocycles. The van der Waals surface area contributed by atoms with Gasteiger partial charge in [0.1, 0.15) is 11.5 Å². The van der Waals surface area contributed by atoms with Crippen molar-refractivity contribution < 1.29 is 19.3 Å². The Labute approximate surface area is 126 Å². The summed E-state index contributed by atoms with van der Waals surface area (Å²) in [5, 5.41) is 10.6. The molecular formula is C16H25NO4. The summed E-state index contributed by atoms with van der Waals surface area (Å²) < 4.78 is 16.3. The summed E-state index contributed by atoms with van der Waals surface area (Å²) >= 11 is 0. The molecule has 0 saturated carbocycles. The molecule has 0 bridgehead atoms. The fourth-order valence-electron chi connectivity index (χ4n) is 2.71. The van der Waals surface area contributed by atoms with Gasteiger partial charge in [-0.3, -0.25) is 4.90 Å². The number of hydrogen-bond donors (Lipinski definition) is 1. The Hall–Kier alpha value is -1.30. The molecule has 1 aromatic carbocycles. The molecule has 5 heteroatoms. The van der Waals surface area contributed by atoms with Crippen molar-refractivity contribution >= 4 is 0 Å². The molecule has 1 atom stereocenters. The van der Waals surface area contributed by atoms with E-state index in [0.29, 0.717) is 24.7 Å². The Bertz CT molecular complexity index is 475. The van der Waals surface area contributed by atoms with Crippen LogP contribution in [0.2, 0.25) is 0 Å². The fraction of sp³-hybridized carbons (Fsp3) is 0.625. The number of morpholine rings is 1. The van der Waals surface area contributed by atoms with Crippen molar-refractivity contribution in [3.63, 3.8) is 0 Å². The second-order valence-electron chi connectivity index (χ2n) is 5.97. The van der Waals surface area contributed by atoms with E-state index in [1.807, 2.05) is 18.2 Å².